The molecule has 0 radical (unpaired) electrons. The zero-order chi connectivity index (χ0) is 18.2. The van der Waals surface area contributed by atoms with Gasteiger partial charge in [0.1, 0.15) is 0 Å². The smallest absolute Gasteiger partial charge is 0.313 e. The molecule has 0 N–H and O–H groups in total. The lowest BCUT2D eigenvalue weighted by Gasteiger charge is -2.31. The van der Waals surface area contributed by atoms with Gasteiger partial charge in [-0.3, -0.25) is 9.59 Å². The Morgan fingerprint density at radius 3 is 2.52 bits per heavy atom. The average Bonchev–Trinajstić information content (AvgIpc) is 2.89. The summed E-state index contributed by atoms with van der Waals surface area (Å²) in [5, 5.41) is 0. The molecule has 25 heavy (non-hydrogen) atoms. The Morgan fingerprint density at radius 1 is 1.28 bits per heavy atom. The van der Waals surface area contributed by atoms with Crippen molar-refractivity contribution >= 4 is 11.8 Å². The number of carbonyl (C=O) groups is 2. The van der Waals surface area contributed by atoms with Gasteiger partial charge in [-0.2, -0.15) is 0 Å². The number of hydrogen-bond acceptors (Lipinski definition) is 3. The Morgan fingerprint density at radius 2 is 1.96 bits per heavy atom. The Kier molecular flexibility index (Phi) is 4.61. The summed E-state index contributed by atoms with van der Waals surface area (Å²) in [6.07, 6.45) is 4.47. The summed E-state index contributed by atoms with van der Waals surface area (Å²) in [5.74, 6) is -0.161. The minimum Gasteiger partial charge on any atom is -0.466 e. The minimum absolute atomic E-state index is 0.0398. The molecule has 0 amide bonds. The van der Waals surface area contributed by atoms with Gasteiger partial charge < -0.3 is 4.74 Å². The maximum Gasteiger partial charge on any atom is 0.313 e. The first-order valence-electron chi connectivity index (χ1n) is 9.28. The summed E-state index contributed by atoms with van der Waals surface area (Å²) >= 11 is 0. The highest BCUT2D eigenvalue weighted by molar-refractivity contribution is 6.05. The second-order valence-corrected chi connectivity index (χ2v) is 8.14. The molecule has 0 aromatic heterocycles. The number of carbonyl (C=O) groups excluding carboxylic acids is 2. The molecule has 134 valence electrons. The van der Waals surface area contributed by atoms with E-state index in [1.54, 1.807) is 0 Å². The van der Waals surface area contributed by atoms with Crippen LogP contribution in [0.2, 0.25) is 0 Å². The zero-order valence-electron chi connectivity index (χ0n) is 15.7. The summed E-state index contributed by atoms with van der Waals surface area (Å²) in [4.78, 5) is 25.6. The molecule has 3 unspecified atom stereocenters. The molecule has 0 spiro atoms. The standard InChI is InChI=1S/C22H28O3/c1-5-25-20(24)16(13-15-9-7-6-8-10-15)14-17-18-11-12-22(4,19(17)23)21(18,2)3/h6-10,14,16,18H,5,11-13H2,1-4H3. The molecule has 3 rings (SSSR count). The topological polar surface area (TPSA) is 43.4 Å². The third-order valence-electron chi connectivity index (χ3n) is 6.63. The van der Waals surface area contributed by atoms with Crippen molar-refractivity contribution in [2.24, 2.45) is 22.7 Å². The van der Waals surface area contributed by atoms with Crippen molar-refractivity contribution in [2.45, 2.75) is 47.0 Å². The first kappa shape index (κ1) is 17.9. The number of esters is 1. The number of ketones is 1. The van der Waals surface area contributed by atoms with Gasteiger partial charge in [-0.25, -0.2) is 0 Å². The molecular formula is C22H28O3. The van der Waals surface area contributed by atoms with Crippen molar-refractivity contribution in [1.29, 1.82) is 0 Å². The van der Waals surface area contributed by atoms with Crippen LogP contribution in [-0.4, -0.2) is 18.4 Å². The molecule has 3 heteroatoms. The Bertz CT molecular complexity index is 701. The van der Waals surface area contributed by atoms with Crippen molar-refractivity contribution in [3.8, 4) is 0 Å². The monoisotopic (exact) mass is 340 g/mol. The van der Waals surface area contributed by atoms with Crippen molar-refractivity contribution in [3.05, 3.63) is 47.5 Å². The number of hydrogen-bond donors (Lipinski definition) is 0. The fraction of sp³-hybridized carbons (Fsp3) is 0.545. The zero-order valence-corrected chi connectivity index (χ0v) is 15.7. The molecule has 2 aliphatic carbocycles. The lowest BCUT2D eigenvalue weighted by atomic mass is 9.70. The number of benzene rings is 1. The largest absolute Gasteiger partial charge is 0.466 e. The predicted molar refractivity (Wildman–Crippen MR) is 98.0 cm³/mol. The van der Waals surface area contributed by atoms with Crippen LogP contribution in [0, 0.1) is 22.7 Å². The molecule has 3 atom stereocenters. The molecule has 1 aromatic carbocycles. The van der Waals surface area contributed by atoms with Gasteiger partial charge in [0, 0.05) is 5.41 Å². The molecule has 0 aliphatic heterocycles. The third kappa shape index (κ3) is 2.84. The van der Waals surface area contributed by atoms with Crippen molar-refractivity contribution in [1.82, 2.24) is 0 Å². The fourth-order valence-corrected chi connectivity index (χ4v) is 4.66. The second-order valence-electron chi connectivity index (χ2n) is 8.14. The summed E-state index contributed by atoms with van der Waals surface area (Å²) in [5.41, 5.74) is 1.60. The van der Waals surface area contributed by atoms with Gasteiger partial charge in [0.25, 0.3) is 0 Å². The molecular weight excluding hydrogens is 312 g/mol. The SMILES string of the molecule is CCOC(=O)C(C=C1C(=O)C2(C)CCC1C2(C)C)Cc1ccccc1. The minimum atomic E-state index is -0.403. The van der Waals surface area contributed by atoms with Crippen LogP contribution in [0.4, 0.5) is 0 Å². The third-order valence-corrected chi connectivity index (χ3v) is 6.63. The van der Waals surface area contributed by atoms with Gasteiger partial charge in [-0.05, 0) is 48.7 Å². The highest BCUT2D eigenvalue weighted by Gasteiger charge is 2.63. The first-order valence-corrected chi connectivity index (χ1v) is 9.28. The first-order chi connectivity index (χ1) is 11.8. The van der Waals surface area contributed by atoms with Crippen LogP contribution >= 0.6 is 0 Å². The molecule has 2 aliphatic rings. The number of ether oxygens (including phenoxy) is 1. The average molecular weight is 340 g/mol. The maximum absolute atomic E-state index is 13.1. The number of rotatable bonds is 5. The lowest BCUT2D eigenvalue weighted by Crippen LogP contribution is -2.32. The fourth-order valence-electron chi connectivity index (χ4n) is 4.66. The van der Waals surface area contributed by atoms with E-state index < -0.39 is 5.92 Å². The van der Waals surface area contributed by atoms with E-state index in [4.69, 9.17) is 4.74 Å². The van der Waals surface area contributed by atoms with Crippen LogP contribution in [0.5, 0.6) is 0 Å². The molecule has 1 aromatic rings. The molecule has 2 saturated carbocycles. The normalized spacial score (nSPS) is 29.8. The molecule has 0 saturated heterocycles. The van der Waals surface area contributed by atoms with E-state index in [1.165, 1.54) is 0 Å². The Labute approximate surface area is 150 Å². The van der Waals surface area contributed by atoms with E-state index >= 15 is 0 Å². The summed E-state index contributed by atoms with van der Waals surface area (Å²) in [6, 6.07) is 9.93. The van der Waals surface area contributed by atoms with E-state index in [-0.39, 0.29) is 28.5 Å². The predicted octanol–water partition coefficient (Wildman–Crippen LogP) is 4.36. The molecule has 3 nitrogen and oxygen atoms in total. The maximum atomic E-state index is 13.1. The quantitative estimate of drug-likeness (QED) is 0.591. The van der Waals surface area contributed by atoms with Crippen LogP contribution < -0.4 is 0 Å². The van der Waals surface area contributed by atoms with E-state index in [1.807, 2.05) is 43.3 Å². The van der Waals surface area contributed by atoms with Crippen molar-refractivity contribution < 1.29 is 14.3 Å². The molecule has 2 bridgehead atoms. The van der Waals surface area contributed by atoms with Crippen molar-refractivity contribution in [3.63, 3.8) is 0 Å². The number of fused-ring (bicyclic) bond motifs is 2. The number of allylic oxidation sites excluding steroid dienone is 1. The van der Waals surface area contributed by atoms with Crippen LogP contribution in [0.1, 0.15) is 46.1 Å². The van der Waals surface area contributed by atoms with Crippen LogP contribution in [-0.2, 0) is 20.7 Å². The Balaban J connectivity index is 1.93. The highest BCUT2D eigenvalue weighted by Crippen LogP contribution is 2.65. The summed E-state index contributed by atoms with van der Waals surface area (Å²) in [6.45, 7) is 8.65. The van der Waals surface area contributed by atoms with E-state index in [0.717, 1.165) is 24.0 Å². The van der Waals surface area contributed by atoms with E-state index in [9.17, 15) is 9.59 Å². The van der Waals surface area contributed by atoms with E-state index in [2.05, 4.69) is 20.8 Å². The van der Waals surface area contributed by atoms with Crippen LogP contribution in [0.3, 0.4) is 0 Å². The summed E-state index contributed by atoms with van der Waals surface area (Å²) < 4.78 is 5.28. The molecule has 0 heterocycles. The van der Waals surface area contributed by atoms with Gasteiger partial charge in [0.2, 0.25) is 0 Å². The van der Waals surface area contributed by atoms with Crippen molar-refractivity contribution in [2.75, 3.05) is 6.61 Å². The Hall–Kier alpha value is -1.90. The van der Waals surface area contributed by atoms with Crippen LogP contribution in [0.15, 0.2) is 42.0 Å². The van der Waals surface area contributed by atoms with Gasteiger partial charge in [0.05, 0.1) is 12.5 Å². The van der Waals surface area contributed by atoms with Gasteiger partial charge in [-0.1, -0.05) is 57.2 Å². The summed E-state index contributed by atoms with van der Waals surface area (Å²) in [7, 11) is 0. The van der Waals surface area contributed by atoms with Gasteiger partial charge >= 0.3 is 5.97 Å². The highest BCUT2D eigenvalue weighted by atomic mass is 16.5. The van der Waals surface area contributed by atoms with Gasteiger partial charge in [-0.15, -0.1) is 0 Å². The molecule has 2 fully saturated rings. The van der Waals surface area contributed by atoms with Crippen LogP contribution in [0.25, 0.3) is 0 Å². The van der Waals surface area contributed by atoms with Gasteiger partial charge in [0.15, 0.2) is 5.78 Å². The van der Waals surface area contributed by atoms with E-state index in [0.29, 0.717) is 13.0 Å². The lowest BCUT2D eigenvalue weighted by molar-refractivity contribution is -0.146. The second kappa shape index (κ2) is 6.44. The number of Topliss-reactive ketones (excluding diaryl/α,β-unsaturated/α-hetero) is 1.